The smallest absolute Gasteiger partial charge is 0.417 e. The number of halogens is 3. The van der Waals surface area contributed by atoms with Gasteiger partial charge in [-0.2, -0.15) is 13.2 Å². The van der Waals surface area contributed by atoms with Crippen molar-refractivity contribution in [2.24, 2.45) is 0 Å². The van der Waals surface area contributed by atoms with Gasteiger partial charge in [0.15, 0.2) is 0 Å². The van der Waals surface area contributed by atoms with E-state index in [-0.39, 0.29) is 0 Å². The molecule has 114 valence electrons. The topological polar surface area (TPSA) is 50.1 Å². The molecule has 0 saturated carbocycles. The van der Waals surface area contributed by atoms with E-state index in [2.05, 4.69) is 15.6 Å². The number of anilines is 1. The van der Waals surface area contributed by atoms with Crippen molar-refractivity contribution >= 4 is 5.82 Å². The maximum atomic E-state index is 12.4. The van der Waals surface area contributed by atoms with Gasteiger partial charge in [-0.1, -0.05) is 0 Å². The molecule has 0 unspecified atom stereocenters. The molecule has 0 radical (unpaired) electrons. The van der Waals surface area contributed by atoms with Gasteiger partial charge >= 0.3 is 6.18 Å². The first-order chi connectivity index (χ1) is 9.95. The summed E-state index contributed by atoms with van der Waals surface area (Å²) in [5.74, 6) is 2.12. The Kier molecular flexibility index (Phi) is 4.85. The number of rotatable bonds is 6. The van der Waals surface area contributed by atoms with Crippen molar-refractivity contribution in [2.45, 2.75) is 19.6 Å². The van der Waals surface area contributed by atoms with Crippen LogP contribution in [0.25, 0.3) is 0 Å². The van der Waals surface area contributed by atoms with Gasteiger partial charge in [0.25, 0.3) is 0 Å². The highest BCUT2D eigenvalue weighted by Gasteiger charge is 2.30. The van der Waals surface area contributed by atoms with E-state index in [0.29, 0.717) is 25.5 Å². The van der Waals surface area contributed by atoms with Crippen molar-refractivity contribution in [3.63, 3.8) is 0 Å². The Bertz CT molecular complexity index is 564. The minimum Gasteiger partial charge on any atom is -0.465 e. The normalized spacial score (nSPS) is 11.6. The van der Waals surface area contributed by atoms with Crippen LogP contribution in [0, 0.1) is 6.92 Å². The molecule has 7 heteroatoms. The molecule has 0 atom stereocenters. The van der Waals surface area contributed by atoms with E-state index in [9.17, 15) is 13.2 Å². The van der Waals surface area contributed by atoms with Crippen LogP contribution in [0.1, 0.15) is 17.1 Å². The molecule has 0 aromatic carbocycles. The van der Waals surface area contributed by atoms with Crippen molar-refractivity contribution < 1.29 is 17.6 Å². The van der Waals surface area contributed by atoms with Crippen molar-refractivity contribution in [3.8, 4) is 0 Å². The van der Waals surface area contributed by atoms with Gasteiger partial charge in [-0.15, -0.1) is 0 Å². The maximum absolute atomic E-state index is 12.4. The highest BCUT2D eigenvalue weighted by atomic mass is 19.4. The quantitative estimate of drug-likeness (QED) is 0.804. The van der Waals surface area contributed by atoms with Crippen LogP contribution >= 0.6 is 0 Å². The van der Waals surface area contributed by atoms with Crippen molar-refractivity contribution in [2.75, 3.05) is 18.4 Å². The van der Waals surface area contributed by atoms with E-state index in [0.717, 1.165) is 23.8 Å². The maximum Gasteiger partial charge on any atom is 0.417 e. The second-order valence-electron chi connectivity index (χ2n) is 4.55. The molecule has 2 aromatic heterocycles. The number of furan rings is 1. The molecule has 21 heavy (non-hydrogen) atoms. The number of hydrogen-bond acceptors (Lipinski definition) is 4. The van der Waals surface area contributed by atoms with Gasteiger partial charge in [0.1, 0.15) is 17.3 Å². The predicted molar refractivity (Wildman–Crippen MR) is 72.9 cm³/mol. The first kappa shape index (κ1) is 15.4. The molecule has 0 fully saturated rings. The molecule has 4 nitrogen and oxygen atoms in total. The van der Waals surface area contributed by atoms with Gasteiger partial charge in [0.05, 0.1) is 12.1 Å². The second-order valence-corrected chi connectivity index (χ2v) is 4.55. The number of pyridine rings is 1. The van der Waals surface area contributed by atoms with Crippen LogP contribution < -0.4 is 10.6 Å². The van der Waals surface area contributed by atoms with E-state index in [4.69, 9.17) is 4.42 Å². The third-order valence-electron chi connectivity index (χ3n) is 2.79. The summed E-state index contributed by atoms with van der Waals surface area (Å²) in [7, 11) is 0. The Hall–Kier alpha value is -2.02. The minimum atomic E-state index is -4.35. The molecule has 0 spiro atoms. The average Bonchev–Trinajstić information content (AvgIpc) is 2.84. The van der Waals surface area contributed by atoms with Crippen LogP contribution in [0.4, 0.5) is 19.0 Å². The second kappa shape index (κ2) is 6.62. The van der Waals surface area contributed by atoms with Gasteiger partial charge in [-0.3, -0.25) is 0 Å². The fourth-order valence-electron chi connectivity index (χ4n) is 1.74. The molecule has 0 aliphatic rings. The number of alkyl halides is 3. The fourth-order valence-corrected chi connectivity index (χ4v) is 1.74. The first-order valence-electron chi connectivity index (χ1n) is 6.48. The summed E-state index contributed by atoms with van der Waals surface area (Å²) in [6, 6.07) is 6.11. The molecule has 2 aromatic rings. The number of nitrogens with zero attached hydrogens (tertiary/aromatic N) is 1. The van der Waals surface area contributed by atoms with Crippen molar-refractivity contribution in [1.82, 2.24) is 10.3 Å². The summed E-state index contributed by atoms with van der Waals surface area (Å²) >= 11 is 0. The lowest BCUT2D eigenvalue weighted by Crippen LogP contribution is -2.21. The Balaban J connectivity index is 1.69. The summed E-state index contributed by atoms with van der Waals surface area (Å²) < 4.78 is 42.5. The molecular formula is C14H16F3N3O. The third-order valence-corrected chi connectivity index (χ3v) is 2.79. The SMILES string of the molecule is Cc1ccc(CNCCNc2ccc(C(F)(F)F)cn2)o1. The van der Waals surface area contributed by atoms with Crippen molar-refractivity contribution in [1.29, 1.82) is 0 Å². The lowest BCUT2D eigenvalue weighted by molar-refractivity contribution is -0.137. The van der Waals surface area contributed by atoms with E-state index in [1.54, 1.807) is 0 Å². The van der Waals surface area contributed by atoms with E-state index in [1.165, 1.54) is 6.07 Å². The van der Waals surface area contributed by atoms with E-state index < -0.39 is 11.7 Å². The molecule has 0 aliphatic carbocycles. The van der Waals surface area contributed by atoms with Gasteiger partial charge in [0.2, 0.25) is 0 Å². The van der Waals surface area contributed by atoms with Gasteiger partial charge in [-0.05, 0) is 31.2 Å². The first-order valence-corrected chi connectivity index (χ1v) is 6.48. The lowest BCUT2D eigenvalue weighted by atomic mass is 10.3. The molecule has 2 heterocycles. The summed E-state index contributed by atoms with van der Waals surface area (Å²) in [6.07, 6.45) is -3.53. The highest BCUT2D eigenvalue weighted by Crippen LogP contribution is 2.28. The predicted octanol–water partition coefficient (Wildman–Crippen LogP) is 3.20. The van der Waals surface area contributed by atoms with Crippen LogP contribution in [-0.2, 0) is 12.7 Å². The van der Waals surface area contributed by atoms with Crippen LogP contribution in [-0.4, -0.2) is 18.1 Å². The Morgan fingerprint density at radius 2 is 1.95 bits per heavy atom. The van der Waals surface area contributed by atoms with Gasteiger partial charge in [0, 0.05) is 19.3 Å². The molecule has 0 saturated heterocycles. The lowest BCUT2D eigenvalue weighted by Gasteiger charge is -2.09. The Labute approximate surface area is 120 Å². The molecular weight excluding hydrogens is 283 g/mol. The van der Waals surface area contributed by atoms with Crippen LogP contribution in [0.15, 0.2) is 34.9 Å². The Morgan fingerprint density at radius 3 is 2.52 bits per heavy atom. The summed E-state index contributed by atoms with van der Waals surface area (Å²) in [5.41, 5.74) is -0.751. The van der Waals surface area contributed by atoms with Crippen LogP contribution in [0.5, 0.6) is 0 Å². The molecule has 0 amide bonds. The average molecular weight is 299 g/mol. The molecule has 0 bridgehead atoms. The number of hydrogen-bond donors (Lipinski definition) is 2. The van der Waals surface area contributed by atoms with Crippen LogP contribution in [0.2, 0.25) is 0 Å². The van der Waals surface area contributed by atoms with E-state index >= 15 is 0 Å². The zero-order chi connectivity index (χ0) is 15.3. The largest absolute Gasteiger partial charge is 0.465 e. The summed E-state index contributed by atoms with van der Waals surface area (Å²) in [5, 5.41) is 6.10. The standard InChI is InChI=1S/C14H16F3N3O/c1-10-2-4-12(21-10)9-18-6-7-19-13-5-3-11(8-20-13)14(15,16)17/h2-5,8,18H,6-7,9H2,1H3,(H,19,20). The van der Waals surface area contributed by atoms with Crippen LogP contribution in [0.3, 0.4) is 0 Å². The fraction of sp³-hybridized carbons (Fsp3) is 0.357. The molecule has 0 aliphatic heterocycles. The summed E-state index contributed by atoms with van der Waals surface area (Å²) in [4.78, 5) is 3.73. The Morgan fingerprint density at radius 1 is 1.14 bits per heavy atom. The zero-order valence-electron chi connectivity index (χ0n) is 11.5. The number of aromatic nitrogens is 1. The monoisotopic (exact) mass is 299 g/mol. The van der Waals surface area contributed by atoms with Gasteiger partial charge in [-0.25, -0.2) is 4.98 Å². The number of aryl methyl sites for hydroxylation is 1. The molecule has 2 rings (SSSR count). The summed E-state index contributed by atoms with van der Waals surface area (Å²) in [6.45, 7) is 3.68. The van der Waals surface area contributed by atoms with Crippen molar-refractivity contribution in [3.05, 3.63) is 47.5 Å². The zero-order valence-corrected chi connectivity index (χ0v) is 11.5. The van der Waals surface area contributed by atoms with E-state index in [1.807, 2.05) is 19.1 Å². The minimum absolute atomic E-state index is 0.415. The third kappa shape index (κ3) is 4.78. The molecule has 2 N–H and O–H groups in total. The van der Waals surface area contributed by atoms with Gasteiger partial charge < -0.3 is 15.1 Å². The highest BCUT2D eigenvalue weighted by molar-refractivity contribution is 5.36. The number of nitrogens with one attached hydrogen (secondary N) is 2.